The molecular formula is C3H6F2NaO2P. The monoisotopic (exact) mass is 166 g/mol. The van der Waals surface area contributed by atoms with Gasteiger partial charge in [0.1, 0.15) is 0 Å². The SMILES string of the molecule is O=POCCC(F)F.[H-].[Na+]. The van der Waals surface area contributed by atoms with Gasteiger partial charge >= 0.3 is 38.2 Å². The molecule has 0 radical (unpaired) electrons. The molecule has 0 unspecified atom stereocenters. The maximum absolute atomic E-state index is 11.2. The van der Waals surface area contributed by atoms with E-state index in [1.54, 1.807) is 0 Å². The van der Waals surface area contributed by atoms with Crippen LogP contribution in [-0.4, -0.2) is 13.0 Å². The van der Waals surface area contributed by atoms with Gasteiger partial charge in [-0.1, -0.05) is 0 Å². The smallest absolute Gasteiger partial charge is 1.00 e. The largest absolute Gasteiger partial charge is 1.00 e. The molecule has 2 nitrogen and oxygen atoms in total. The molecule has 0 aromatic rings. The Hall–Kier alpha value is 0.920. The first kappa shape index (κ1) is 12.6. The van der Waals surface area contributed by atoms with Crippen molar-refractivity contribution in [3.8, 4) is 0 Å². The van der Waals surface area contributed by atoms with E-state index in [2.05, 4.69) is 4.52 Å². The van der Waals surface area contributed by atoms with E-state index in [1.807, 2.05) is 0 Å². The molecule has 0 aliphatic heterocycles. The van der Waals surface area contributed by atoms with E-state index in [4.69, 9.17) is 0 Å². The van der Waals surface area contributed by atoms with Crippen LogP contribution in [0.2, 0.25) is 0 Å². The molecule has 0 atom stereocenters. The number of rotatable bonds is 4. The maximum Gasteiger partial charge on any atom is 1.00 e. The quantitative estimate of drug-likeness (QED) is 0.303. The Labute approximate surface area is 77.0 Å². The fourth-order valence-corrected chi connectivity index (χ4v) is 0.359. The van der Waals surface area contributed by atoms with Crippen molar-refractivity contribution in [2.75, 3.05) is 6.61 Å². The predicted octanol–water partition coefficient (Wildman–Crippen LogP) is -1.02. The fraction of sp³-hybridized carbons (Fsp3) is 1.00. The molecule has 0 aromatic heterocycles. The second-order valence-corrected chi connectivity index (χ2v) is 1.49. The number of hydrogen-bond acceptors (Lipinski definition) is 2. The molecule has 0 saturated heterocycles. The summed E-state index contributed by atoms with van der Waals surface area (Å²) >= 11 is 0. The van der Waals surface area contributed by atoms with Crippen LogP contribution in [0.3, 0.4) is 0 Å². The van der Waals surface area contributed by atoms with Crippen molar-refractivity contribution < 1.29 is 48.9 Å². The zero-order chi connectivity index (χ0) is 6.41. The van der Waals surface area contributed by atoms with E-state index in [0.29, 0.717) is 0 Å². The Morgan fingerprint density at radius 3 is 2.56 bits per heavy atom. The van der Waals surface area contributed by atoms with Crippen molar-refractivity contribution in [1.29, 1.82) is 0 Å². The van der Waals surface area contributed by atoms with Gasteiger partial charge in [-0.15, -0.1) is 0 Å². The van der Waals surface area contributed by atoms with Gasteiger partial charge in [-0.25, -0.2) is 13.3 Å². The minimum atomic E-state index is -2.36. The maximum atomic E-state index is 11.2. The summed E-state index contributed by atoms with van der Waals surface area (Å²) in [5, 5.41) is 0. The summed E-state index contributed by atoms with van der Waals surface area (Å²) < 4.78 is 35.8. The van der Waals surface area contributed by atoms with Gasteiger partial charge in [0.15, 0.2) is 0 Å². The first-order valence-electron chi connectivity index (χ1n) is 2.00. The van der Waals surface area contributed by atoms with E-state index < -0.39 is 15.1 Å². The van der Waals surface area contributed by atoms with Gasteiger partial charge in [-0.3, -0.25) is 4.52 Å². The molecule has 0 spiro atoms. The number of alkyl halides is 2. The van der Waals surface area contributed by atoms with Crippen LogP contribution in [0.25, 0.3) is 0 Å². The van der Waals surface area contributed by atoms with Gasteiger partial charge in [0.2, 0.25) is 6.43 Å². The summed E-state index contributed by atoms with van der Waals surface area (Å²) in [6.45, 7) is -0.150. The summed E-state index contributed by atoms with van der Waals surface area (Å²) in [7, 11) is -0.533. The van der Waals surface area contributed by atoms with Crippen LogP contribution in [0.1, 0.15) is 7.85 Å². The van der Waals surface area contributed by atoms with E-state index in [9.17, 15) is 13.3 Å². The summed E-state index contributed by atoms with van der Waals surface area (Å²) in [6.07, 6.45) is -2.72. The molecule has 9 heavy (non-hydrogen) atoms. The van der Waals surface area contributed by atoms with Crippen LogP contribution < -0.4 is 29.6 Å². The molecule has 0 saturated carbocycles. The van der Waals surface area contributed by atoms with Gasteiger partial charge in [0.25, 0.3) is 0 Å². The number of hydrogen-bond donors (Lipinski definition) is 0. The summed E-state index contributed by atoms with van der Waals surface area (Å²) in [4.78, 5) is 0. The predicted molar refractivity (Wildman–Crippen MR) is 25.3 cm³/mol. The third-order valence-corrected chi connectivity index (χ3v) is 0.768. The topological polar surface area (TPSA) is 26.3 Å². The second kappa shape index (κ2) is 8.92. The molecule has 0 N–H and O–H groups in total. The van der Waals surface area contributed by atoms with Crippen LogP contribution in [0, 0.1) is 0 Å². The molecule has 0 fully saturated rings. The van der Waals surface area contributed by atoms with E-state index in [1.165, 1.54) is 0 Å². The molecule has 50 valence electrons. The third kappa shape index (κ3) is 12.2. The van der Waals surface area contributed by atoms with Gasteiger partial charge in [-0.2, -0.15) is 0 Å². The van der Waals surface area contributed by atoms with Crippen LogP contribution in [0.5, 0.6) is 0 Å². The Morgan fingerprint density at radius 1 is 1.67 bits per heavy atom. The van der Waals surface area contributed by atoms with E-state index >= 15 is 0 Å². The summed E-state index contributed by atoms with van der Waals surface area (Å²) in [6, 6.07) is 0. The average molecular weight is 166 g/mol. The Balaban J connectivity index is -0.000000245. The van der Waals surface area contributed by atoms with Crippen LogP contribution >= 0.6 is 8.69 Å². The van der Waals surface area contributed by atoms with Crippen molar-refractivity contribution >= 4 is 8.69 Å². The zero-order valence-corrected chi connectivity index (χ0v) is 7.91. The third-order valence-electron chi connectivity index (χ3n) is 0.480. The summed E-state index contributed by atoms with van der Waals surface area (Å²) in [5.41, 5.74) is 0. The molecule has 0 aromatic carbocycles. The molecular weight excluding hydrogens is 160 g/mol. The first-order chi connectivity index (χ1) is 3.77. The molecule has 0 bridgehead atoms. The minimum absolute atomic E-state index is 0. The molecule has 0 heterocycles. The van der Waals surface area contributed by atoms with Crippen molar-refractivity contribution in [2.24, 2.45) is 0 Å². The van der Waals surface area contributed by atoms with Gasteiger partial charge in [0.05, 0.1) is 6.61 Å². The summed E-state index contributed by atoms with van der Waals surface area (Å²) in [5.74, 6) is 0. The molecule has 6 heteroatoms. The standard InChI is InChI=1S/C3H5F2O2P.Na.H/c4-3(5)1-2-7-8-6;;/h3H,1-2H2;;/q;+1;-1. The molecule has 0 aliphatic carbocycles. The Morgan fingerprint density at radius 2 is 2.22 bits per heavy atom. The van der Waals surface area contributed by atoms with Crippen molar-refractivity contribution in [2.45, 2.75) is 12.8 Å². The second-order valence-electron chi connectivity index (χ2n) is 1.09. The van der Waals surface area contributed by atoms with Gasteiger partial charge in [0, 0.05) is 6.42 Å². The average Bonchev–Trinajstić information content (AvgIpc) is 1.66. The number of halogens is 2. The van der Waals surface area contributed by atoms with E-state index in [-0.39, 0.29) is 44.0 Å². The molecule has 0 rings (SSSR count). The Bertz CT molecular complexity index is 77.5. The van der Waals surface area contributed by atoms with Crippen molar-refractivity contribution in [3.63, 3.8) is 0 Å². The van der Waals surface area contributed by atoms with E-state index in [0.717, 1.165) is 0 Å². The van der Waals surface area contributed by atoms with Crippen LogP contribution in [-0.2, 0) is 9.09 Å². The molecule has 0 amide bonds. The van der Waals surface area contributed by atoms with Crippen LogP contribution in [0.15, 0.2) is 0 Å². The van der Waals surface area contributed by atoms with Crippen molar-refractivity contribution in [3.05, 3.63) is 0 Å². The van der Waals surface area contributed by atoms with Gasteiger partial charge < -0.3 is 1.43 Å². The normalized spacial score (nSPS) is 9.67. The Kier molecular flexibility index (Phi) is 12.5. The minimum Gasteiger partial charge on any atom is -1.00 e. The zero-order valence-electron chi connectivity index (χ0n) is 6.01. The first-order valence-corrected chi connectivity index (χ1v) is 2.73. The van der Waals surface area contributed by atoms with Crippen molar-refractivity contribution in [1.82, 2.24) is 0 Å². The molecule has 0 aliphatic rings. The van der Waals surface area contributed by atoms with Gasteiger partial charge in [-0.05, 0) is 0 Å². The van der Waals surface area contributed by atoms with Crippen LogP contribution in [0.4, 0.5) is 8.78 Å². The fourth-order valence-electron chi connectivity index (χ4n) is 0.179.